The molecule has 0 spiro atoms. The summed E-state index contributed by atoms with van der Waals surface area (Å²) in [4.78, 5) is 44.1. The molecule has 1 fully saturated rings. The second kappa shape index (κ2) is 8.00. The normalized spacial score (nSPS) is 16.0. The number of ether oxygens (including phenoxy) is 1. The monoisotopic (exact) mass is 429 g/mol. The Morgan fingerprint density at radius 1 is 0.844 bits per heavy atom. The zero-order chi connectivity index (χ0) is 22.2. The lowest BCUT2D eigenvalue weighted by Crippen LogP contribution is -2.53. The zero-order valence-corrected chi connectivity index (χ0v) is 17.8. The molecule has 0 saturated carbocycles. The summed E-state index contributed by atoms with van der Waals surface area (Å²) in [7, 11) is 1.64. The summed E-state index contributed by atoms with van der Waals surface area (Å²) in [5.41, 5.74) is 1.92. The molecule has 5 rings (SSSR count). The van der Waals surface area contributed by atoms with Crippen LogP contribution in [0.15, 0.2) is 60.7 Å². The molecule has 0 aliphatic carbocycles. The first-order chi connectivity index (χ1) is 15.6. The Hall–Kier alpha value is -3.87. The quantitative estimate of drug-likeness (QED) is 0.597. The number of methoxy groups -OCH3 is 1. The maximum absolute atomic E-state index is 13.1. The van der Waals surface area contributed by atoms with Crippen molar-refractivity contribution in [3.05, 3.63) is 71.8 Å². The van der Waals surface area contributed by atoms with Gasteiger partial charge in [0, 0.05) is 42.7 Å². The number of para-hydroxylation sites is 2. The predicted octanol–water partition coefficient (Wildman–Crippen LogP) is 2.79. The molecular formula is C25H23N3O4. The van der Waals surface area contributed by atoms with E-state index in [4.69, 9.17) is 4.74 Å². The second-order valence-electron chi connectivity index (χ2n) is 7.95. The molecule has 0 bridgehead atoms. The molecular weight excluding hydrogens is 406 g/mol. The lowest BCUT2D eigenvalue weighted by atomic mass is 9.94. The minimum atomic E-state index is -0.416. The van der Waals surface area contributed by atoms with E-state index in [2.05, 4.69) is 4.90 Å². The molecule has 2 heterocycles. The minimum Gasteiger partial charge on any atom is -0.495 e. The summed E-state index contributed by atoms with van der Waals surface area (Å²) < 4.78 is 5.45. The molecule has 3 aromatic carbocycles. The first kappa shape index (κ1) is 20.1. The van der Waals surface area contributed by atoms with Gasteiger partial charge in [0.15, 0.2) is 0 Å². The molecule has 32 heavy (non-hydrogen) atoms. The van der Waals surface area contributed by atoms with E-state index in [0.717, 1.165) is 21.7 Å². The van der Waals surface area contributed by atoms with Crippen molar-refractivity contribution in [2.24, 2.45) is 0 Å². The third-order valence-electron chi connectivity index (χ3n) is 6.21. The SMILES string of the molecule is COc1ccccc1N1CCN(C(=O)CN2C(=O)c3cccc4cccc(c34)C2=O)CC1. The lowest BCUT2D eigenvalue weighted by Gasteiger charge is -2.37. The van der Waals surface area contributed by atoms with Gasteiger partial charge in [0.25, 0.3) is 11.8 Å². The molecule has 2 aliphatic rings. The van der Waals surface area contributed by atoms with Crippen LogP contribution < -0.4 is 9.64 Å². The smallest absolute Gasteiger partial charge is 0.261 e. The van der Waals surface area contributed by atoms with Crippen molar-refractivity contribution in [2.75, 3.05) is 44.7 Å². The van der Waals surface area contributed by atoms with Gasteiger partial charge in [-0.3, -0.25) is 19.3 Å². The molecule has 0 aromatic heterocycles. The number of imide groups is 1. The van der Waals surface area contributed by atoms with Gasteiger partial charge >= 0.3 is 0 Å². The largest absolute Gasteiger partial charge is 0.495 e. The van der Waals surface area contributed by atoms with E-state index in [1.165, 1.54) is 0 Å². The highest BCUT2D eigenvalue weighted by atomic mass is 16.5. The standard InChI is InChI=1S/C25H23N3O4/c1-32-21-11-3-2-10-20(21)26-12-14-27(15-13-26)22(29)16-28-24(30)18-8-4-6-17-7-5-9-19(23(17)18)25(28)31/h2-11H,12-16H2,1H3. The Kier molecular flexibility index (Phi) is 5.01. The maximum Gasteiger partial charge on any atom is 0.261 e. The van der Waals surface area contributed by atoms with Crippen molar-refractivity contribution in [3.8, 4) is 5.75 Å². The molecule has 7 nitrogen and oxygen atoms in total. The van der Waals surface area contributed by atoms with Crippen LogP contribution in [0.3, 0.4) is 0 Å². The number of carbonyl (C=O) groups excluding carboxylic acids is 3. The molecule has 0 unspecified atom stereocenters. The van der Waals surface area contributed by atoms with E-state index in [9.17, 15) is 14.4 Å². The highest BCUT2D eigenvalue weighted by Crippen LogP contribution is 2.31. The number of hydrogen-bond acceptors (Lipinski definition) is 5. The van der Waals surface area contributed by atoms with Crippen LogP contribution in [0.25, 0.3) is 10.8 Å². The van der Waals surface area contributed by atoms with E-state index in [1.807, 2.05) is 36.4 Å². The van der Waals surface area contributed by atoms with E-state index in [1.54, 1.807) is 36.3 Å². The number of benzene rings is 3. The lowest BCUT2D eigenvalue weighted by molar-refractivity contribution is -0.131. The highest BCUT2D eigenvalue weighted by molar-refractivity contribution is 6.26. The van der Waals surface area contributed by atoms with Crippen LogP contribution in [0.4, 0.5) is 5.69 Å². The topological polar surface area (TPSA) is 70.2 Å². The van der Waals surface area contributed by atoms with Crippen LogP contribution in [0.1, 0.15) is 20.7 Å². The minimum absolute atomic E-state index is 0.224. The van der Waals surface area contributed by atoms with Gasteiger partial charge in [-0.2, -0.15) is 0 Å². The van der Waals surface area contributed by atoms with Crippen LogP contribution in [-0.4, -0.2) is 67.4 Å². The average molecular weight is 429 g/mol. The third-order valence-corrected chi connectivity index (χ3v) is 6.21. The molecule has 3 amide bonds. The maximum atomic E-state index is 13.1. The van der Waals surface area contributed by atoms with Crippen LogP contribution in [0.5, 0.6) is 5.75 Å². The molecule has 0 radical (unpaired) electrons. The van der Waals surface area contributed by atoms with Gasteiger partial charge in [-0.1, -0.05) is 36.4 Å². The van der Waals surface area contributed by atoms with Crippen LogP contribution >= 0.6 is 0 Å². The fourth-order valence-corrected chi connectivity index (χ4v) is 4.55. The summed E-state index contributed by atoms with van der Waals surface area (Å²) in [6.45, 7) is 2.07. The van der Waals surface area contributed by atoms with Gasteiger partial charge in [0.1, 0.15) is 12.3 Å². The van der Waals surface area contributed by atoms with E-state index < -0.39 is 11.8 Å². The number of piperazine rings is 1. The van der Waals surface area contributed by atoms with E-state index in [0.29, 0.717) is 42.7 Å². The van der Waals surface area contributed by atoms with E-state index >= 15 is 0 Å². The van der Waals surface area contributed by atoms with Gasteiger partial charge in [-0.05, 0) is 29.7 Å². The van der Waals surface area contributed by atoms with Crippen LogP contribution in [0.2, 0.25) is 0 Å². The fraction of sp³-hybridized carbons (Fsp3) is 0.240. The zero-order valence-electron chi connectivity index (χ0n) is 17.8. The van der Waals surface area contributed by atoms with Crippen LogP contribution in [0, 0.1) is 0 Å². The van der Waals surface area contributed by atoms with Gasteiger partial charge in [0.2, 0.25) is 5.91 Å². The third kappa shape index (κ3) is 3.26. The van der Waals surface area contributed by atoms with Crippen molar-refractivity contribution in [1.29, 1.82) is 0 Å². The molecule has 7 heteroatoms. The number of carbonyl (C=O) groups is 3. The Bertz CT molecular complexity index is 1180. The van der Waals surface area contributed by atoms with Gasteiger partial charge in [-0.25, -0.2) is 0 Å². The summed E-state index contributed by atoms with van der Waals surface area (Å²) in [6.07, 6.45) is 0. The molecule has 0 atom stereocenters. The Morgan fingerprint density at radius 3 is 2.09 bits per heavy atom. The Labute approximate surface area is 185 Å². The summed E-state index contributed by atoms with van der Waals surface area (Å²) in [5, 5.41) is 1.51. The van der Waals surface area contributed by atoms with E-state index in [-0.39, 0.29) is 12.5 Å². The van der Waals surface area contributed by atoms with Crippen molar-refractivity contribution < 1.29 is 19.1 Å². The average Bonchev–Trinajstić information content (AvgIpc) is 2.85. The first-order valence-electron chi connectivity index (χ1n) is 10.6. The molecule has 1 saturated heterocycles. The number of hydrogen-bond donors (Lipinski definition) is 0. The number of amides is 3. The molecule has 3 aromatic rings. The molecule has 2 aliphatic heterocycles. The van der Waals surface area contributed by atoms with Crippen LogP contribution in [-0.2, 0) is 4.79 Å². The number of anilines is 1. The van der Waals surface area contributed by atoms with Crippen molar-refractivity contribution in [1.82, 2.24) is 9.80 Å². The van der Waals surface area contributed by atoms with Gasteiger partial charge in [-0.15, -0.1) is 0 Å². The fourth-order valence-electron chi connectivity index (χ4n) is 4.55. The van der Waals surface area contributed by atoms with Crippen molar-refractivity contribution in [2.45, 2.75) is 0 Å². The highest BCUT2D eigenvalue weighted by Gasteiger charge is 2.35. The first-order valence-corrected chi connectivity index (χ1v) is 10.6. The number of nitrogens with zero attached hydrogens (tertiary/aromatic N) is 3. The van der Waals surface area contributed by atoms with Crippen molar-refractivity contribution in [3.63, 3.8) is 0 Å². The summed E-state index contributed by atoms with van der Waals surface area (Å²) in [6, 6.07) is 18.6. The van der Waals surface area contributed by atoms with Gasteiger partial charge < -0.3 is 14.5 Å². The van der Waals surface area contributed by atoms with Crippen molar-refractivity contribution >= 4 is 34.2 Å². The molecule has 162 valence electrons. The Balaban J connectivity index is 1.30. The predicted molar refractivity (Wildman–Crippen MR) is 121 cm³/mol. The number of rotatable bonds is 4. The summed E-state index contributed by atoms with van der Waals surface area (Å²) >= 11 is 0. The summed E-state index contributed by atoms with van der Waals surface area (Å²) in [5.74, 6) is -0.261. The molecule has 0 N–H and O–H groups in total. The second-order valence-corrected chi connectivity index (χ2v) is 7.95. The van der Waals surface area contributed by atoms with Gasteiger partial charge in [0.05, 0.1) is 12.8 Å². The Morgan fingerprint density at radius 2 is 1.47 bits per heavy atom.